The van der Waals surface area contributed by atoms with Crippen molar-refractivity contribution in [3.05, 3.63) is 101 Å². The van der Waals surface area contributed by atoms with Gasteiger partial charge in [0.1, 0.15) is 5.69 Å². The lowest BCUT2D eigenvalue weighted by atomic mass is 9.99. The van der Waals surface area contributed by atoms with Gasteiger partial charge in [0.15, 0.2) is 10.7 Å². The zero-order valence-corrected chi connectivity index (χ0v) is 24.4. The van der Waals surface area contributed by atoms with Gasteiger partial charge in [-0.1, -0.05) is 54.0 Å². The van der Waals surface area contributed by atoms with Crippen LogP contribution in [0.5, 0.6) is 0 Å². The predicted molar refractivity (Wildman–Crippen MR) is 164 cm³/mol. The molecule has 3 heterocycles. The number of carbonyl (C=O) groups excluding carboxylic acids is 1. The fraction of sp³-hybridized carbons (Fsp3) is 0.250. The highest BCUT2D eigenvalue weighted by atomic mass is 32.2. The molecule has 1 fully saturated rings. The number of nitrogens with zero attached hydrogens (tertiary/aromatic N) is 2. The molecule has 1 aromatic heterocycles. The first-order chi connectivity index (χ1) is 20.3. The average molecular weight is 584 g/mol. The number of piperidine rings is 1. The van der Waals surface area contributed by atoms with Crippen molar-refractivity contribution in [3.63, 3.8) is 0 Å². The van der Waals surface area contributed by atoms with Crippen LogP contribution in [0.4, 0.5) is 17.1 Å². The van der Waals surface area contributed by atoms with Crippen molar-refractivity contribution >= 4 is 44.3 Å². The molecule has 3 aromatic carbocycles. The Balaban J connectivity index is 1.34. The van der Waals surface area contributed by atoms with E-state index in [2.05, 4.69) is 37.5 Å². The molecular formula is C32H33N5O4S. The largest absolute Gasteiger partial charge is 0.360 e. The summed E-state index contributed by atoms with van der Waals surface area (Å²) in [6.45, 7) is 6.33. The second-order valence-electron chi connectivity index (χ2n) is 10.7. The fourth-order valence-corrected chi connectivity index (χ4v) is 7.02. The summed E-state index contributed by atoms with van der Waals surface area (Å²) in [4.78, 5) is 15.9. The number of fused-ring (bicyclic) bond motifs is 1. The van der Waals surface area contributed by atoms with E-state index in [1.54, 1.807) is 32.0 Å². The van der Waals surface area contributed by atoms with Crippen LogP contribution in [0.15, 0.2) is 82.2 Å². The van der Waals surface area contributed by atoms with Crippen LogP contribution >= 0.6 is 0 Å². The van der Waals surface area contributed by atoms with Gasteiger partial charge in [-0.05, 0) is 81.2 Å². The van der Waals surface area contributed by atoms with Gasteiger partial charge in [-0.25, -0.2) is 8.42 Å². The number of nitrogens with one attached hydrogen (secondary N) is 3. The highest BCUT2D eigenvalue weighted by molar-refractivity contribution is 7.92. The molecule has 0 aliphatic carbocycles. The SMILES string of the molecule is Cc1noc(C)c1S(=O)(=O)Nc1ccc2c(c1)/C(=C(/Nc1ccc(CN3CCCCC3)cc1)c1ccccc1)C(=O)N2. The second-order valence-corrected chi connectivity index (χ2v) is 12.4. The number of hydrogen-bond acceptors (Lipinski definition) is 7. The molecule has 42 heavy (non-hydrogen) atoms. The van der Waals surface area contributed by atoms with Gasteiger partial charge < -0.3 is 15.2 Å². The van der Waals surface area contributed by atoms with Crippen LogP contribution in [0.25, 0.3) is 11.3 Å². The van der Waals surface area contributed by atoms with Gasteiger partial charge in [-0.15, -0.1) is 0 Å². The van der Waals surface area contributed by atoms with E-state index in [9.17, 15) is 13.2 Å². The highest BCUT2D eigenvalue weighted by Crippen LogP contribution is 2.39. The molecule has 0 unspecified atom stereocenters. The second kappa shape index (κ2) is 11.5. The number of aromatic nitrogens is 1. The molecule has 0 atom stereocenters. The third-order valence-corrected chi connectivity index (χ3v) is 9.27. The van der Waals surface area contributed by atoms with E-state index in [0.717, 1.165) is 30.9 Å². The smallest absolute Gasteiger partial charge is 0.267 e. The fourth-order valence-electron chi connectivity index (χ4n) is 5.64. The Morgan fingerprint density at radius 3 is 2.36 bits per heavy atom. The molecule has 9 nitrogen and oxygen atoms in total. The molecule has 0 saturated carbocycles. The van der Waals surface area contributed by atoms with Crippen LogP contribution in [0.3, 0.4) is 0 Å². The zero-order chi connectivity index (χ0) is 29.3. The molecule has 6 rings (SSSR count). The Bertz CT molecular complexity index is 1740. The summed E-state index contributed by atoms with van der Waals surface area (Å²) in [5.41, 5.74) is 5.75. The van der Waals surface area contributed by atoms with Crippen molar-refractivity contribution in [2.24, 2.45) is 0 Å². The maximum Gasteiger partial charge on any atom is 0.267 e. The van der Waals surface area contributed by atoms with Crippen molar-refractivity contribution in [1.29, 1.82) is 0 Å². The first-order valence-electron chi connectivity index (χ1n) is 14.1. The van der Waals surface area contributed by atoms with Crippen LogP contribution in [0.1, 0.15) is 47.4 Å². The van der Waals surface area contributed by atoms with Gasteiger partial charge in [0.25, 0.3) is 15.9 Å². The minimum Gasteiger partial charge on any atom is -0.360 e. The molecular weight excluding hydrogens is 550 g/mol. The van der Waals surface area contributed by atoms with Crippen molar-refractivity contribution in [2.45, 2.75) is 44.6 Å². The molecule has 1 amide bonds. The molecule has 4 aromatic rings. The van der Waals surface area contributed by atoms with Crippen LogP contribution < -0.4 is 15.4 Å². The summed E-state index contributed by atoms with van der Waals surface area (Å²) < 4.78 is 34.0. The Labute approximate surface area is 245 Å². The summed E-state index contributed by atoms with van der Waals surface area (Å²) >= 11 is 0. The van der Waals surface area contributed by atoms with Gasteiger partial charge in [0.2, 0.25) is 0 Å². The van der Waals surface area contributed by atoms with Gasteiger partial charge in [-0.3, -0.25) is 14.4 Å². The number of carbonyl (C=O) groups is 1. The quantitative estimate of drug-likeness (QED) is 0.218. The third-order valence-electron chi connectivity index (χ3n) is 7.64. The van der Waals surface area contributed by atoms with E-state index in [1.807, 2.05) is 42.5 Å². The number of likely N-dealkylation sites (tertiary alicyclic amines) is 1. The third kappa shape index (κ3) is 5.68. The molecule has 2 aliphatic heterocycles. The lowest BCUT2D eigenvalue weighted by Gasteiger charge is -2.26. The molecule has 0 bridgehead atoms. The summed E-state index contributed by atoms with van der Waals surface area (Å²) in [7, 11) is -3.96. The maximum atomic E-state index is 13.4. The van der Waals surface area contributed by atoms with E-state index >= 15 is 0 Å². The van der Waals surface area contributed by atoms with Crippen molar-refractivity contribution in [3.8, 4) is 0 Å². The monoisotopic (exact) mass is 583 g/mol. The number of sulfonamides is 1. The number of hydrogen-bond donors (Lipinski definition) is 3. The number of amides is 1. The lowest BCUT2D eigenvalue weighted by Crippen LogP contribution is -2.29. The Kier molecular flexibility index (Phi) is 7.57. The lowest BCUT2D eigenvalue weighted by molar-refractivity contribution is -0.110. The summed E-state index contributed by atoms with van der Waals surface area (Å²) in [5, 5.41) is 10.2. The van der Waals surface area contributed by atoms with Crippen LogP contribution in [-0.2, 0) is 21.4 Å². The van der Waals surface area contributed by atoms with Crippen molar-refractivity contribution in [2.75, 3.05) is 28.4 Å². The molecule has 1 saturated heterocycles. The zero-order valence-electron chi connectivity index (χ0n) is 23.6. The van der Waals surface area contributed by atoms with Gasteiger partial charge in [0.05, 0.1) is 11.3 Å². The van der Waals surface area contributed by atoms with Crippen LogP contribution in [0.2, 0.25) is 0 Å². The van der Waals surface area contributed by atoms with Crippen molar-refractivity contribution in [1.82, 2.24) is 10.1 Å². The van der Waals surface area contributed by atoms with E-state index in [1.165, 1.54) is 24.8 Å². The topological polar surface area (TPSA) is 117 Å². The number of rotatable bonds is 8. The van der Waals surface area contributed by atoms with E-state index < -0.39 is 10.0 Å². The summed E-state index contributed by atoms with van der Waals surface area (Å²) in [5.74, 6) is -0.0695. The molecule has 3 N–H and O–H groups in total. The minimum absolute atomic E-state index is 0.00309. The maximum absolute atomic E-state index is 13.4. The predicted octanol–water partition coefficient (Wildman–Crippen LogP) is 6.01. The van der Waals surface area contributed by atoms with E-state index in [4.69, 9.17) is 4.52 Å². The van der Waals surface area contributed by atoms with Gasteiger partial charge >= 0.3 is 0 Å². The number of aryl methyl sites for hydroxylation is 2. The van der Waals surface area contributed by atoms with Crippen molar-refractivity contribution < 1.29 is 17.7 Å². The molecule has 10 heteroatoms. The van der Waals surface area contributed by atoms with Crippen LogP contribution in [-0.4, -0.2) is 37.5 Å². The summed E-state index contributed by atoms with van der Waals surface area (Å²) in [6.07, 6.45) is 3.81. The molecule has 0 spiro atoms. The summed E-state index contributed by atoms with van der Waals surface area (Å²) in [6, 6.07) is 22.9. The highest BCUT2D eigenvalue weighted by Gasteiger charge is 2.30. The van der Waals surface area contributed by atoms with E-state index in [0.29, 0.717) is 28.2 Å². The first-order valence-corrected chi connectivity index (χ1v) is 15.6. The normalized spacial score (nSPS) is 16.6. The molecule has 2 aliphatic rings. The van der Waals surface area contributed by atoms with Gasteiger partial charge in [-0.2, -0.15) is 0 Å². The standard InChI is InChI=1S/C32H33N5O4S/c1-21-31(22(2)41-35-21)42(39,40)36-26-15-16-28-27(19-26)29(32(38)34-28)30(24-9-5-3-6-10-24)33-25-13-11-23(12-14-25)20-37-17-7-4-8-18-37/h3,5-6,9-16,19,33,36H,4,7-8,17-18,20H2,1-2H3,(H,34,38)/b30-29-. The van der Waals surface area contributed by atoms with Gasteiger partial charge in [0, 0.05) is 29.2 Å². The Hall–Kier alpha value is -4.41. The Morgan fingerprint density at radius 2 is 1.67 bits per heavy atom. The molecule has 216 valence electrons. The first kappa shape index (κ1) is 27.7. The Morgan fingerprint density at radius 1 is 0.952 bits per heavy atom. The number of benzene rings is 3. The molecule has 0 radical (unpaired) electrons. The van der Waals surface area contributed by atoms with Crippen LogP contribution in [0, 0.1) is 13.8 Å². The average Bonchev–Trinajstić information content (AvgIpc) is 3.50. The van der Waals surface area contributed by atoms with E-state index in [-0.39, 0.29) is 22.3 Å². The number of anilines is 3. The minimum atomic E-state index is -3.96.